The van der Waals surface area contributed by atoms with Crippen LogP contribution in [0.4, 0.5) is 10.8 Å². The van der Waals surface area contributed by atoms with Crippen LogP contribution in [-0.2, 0) is 9.59 Å². The first-order valence-corrected chi connectivity index (χ1v) is 8.32. The van der Waals surface area contributed by atoms with E-state index in [-0.39, 0.29) is 30.6 Å². The molecule has 0 atom stereocenters. The molecule has 2 rings (SSSR count). The molecule has 0 aliphatic heterocycles. The molecule has 0 fully saturated rings. The SMILES string of the molecule is CC(C)c1nnc(NC(=O)CCC(=O)Nc2cccc(Cl)c2)s1. The Kier molecular flexibility index (Phi) is 6.06. The van der Waals surface area contributed by atoms with Gasteiger partial charge in [-0.25, -0.2) is 0 Å². The molecule has 0 spiro atoms. The molecule has 1 heterocycles. The maximum Gasteiger partial charge on any atom is 0.226 e. The van der Waals surface area contributed by atoms with Gasteiger partial charge in [0.05, 0.1) is 0 Å². The number of carbonyl (C=O) groups is 2. The predicted octanol–water partition coefficient (Wildman–Crippen LogP) is 3.67. The molecule has 0 radical (unpaired) electrons. The van der Waals surface area contributed by atoms with Crippen molar-refractivity contribution in [2.45, 2.75) is 32.6 Å². The number of anilines is 2. The molecule has 6 nitrogen and oxygen atoms in total. The molecule has 0 aliphatic carbocycles. The highest BCUT2D eigenvalue weighted by atomic mass is 35.5. The van der Waals surface area contributed by atoms with Gasteiger partial charge in [0.2, 0.25) is 16.9 Å². The van der Waals surface area contributed by atoms with E-state index in [9.17, 15) is 9.59 Å². The fourth-order valence-electron chi connectivity index (χ4n) is 1.72. The third kappa shape index (κ3) is 5.61. The topological polar surface area (TPSA) is 84.0 Å². The van der Waals surface area contributed by atoms with Crippen molar-refractivity contribution in [3.8, 4) is 0 Å². The minimum atomic E-state index is -0.266. The van der Waals surface area contributed by atoms with Gasteiger partial charge in [0, 0.05) is 29.5 Å². The van der Waals surface area contributed by atoms with Crippen LogP contribution in [0, 0.1) is 0 Å². The molecule has 1 aromatic heterocycles. The molecule has 8 heteroatoms. The Hall–Kier alpha value is -1.99. The number of benzene rings is 1. The van der Waals surface area contributed by atoms with Crippen LogP contribution >= 0.6 is 22.9 Å². The van der Waals surface area contributed by atoms with Gasteiger partial charge in [-0.1, -0.05) is 42.9 Å². The van der Waals surface area contributed by atoms with Crippen molar-refractivity contribution in [1.29, 1.82) is 0 Å². The van der Waals surface area contributed by atoms with E-state index < -0.39 is 0 Å². The van der Waals surface area contributed by atoms with Crippen LogP contribution in [0.3, 0.4) is 0 Å². The summed E-state index contributed by atoms with van der Waals surface area (Å²) < 4.78 is 0. The summed E-state index contributed by atoms with van der Waals surface area (Å²) in [6.45, 7) is 4.01. The smallest absolute Gasteiger partial charge is 0.226 e. The summed E-state index contributed by atoms with van der Waals surface area (Å²) in [6, 6.07) is 6.84. The van der Waals surface area contributed by atoms with Crippen LogP contribution in [-0.4, -0.2) is 22.0 Å². The second-order valence-electron chi connectivity index (χ2n) is 5.21. The Morgan fingerprint density at radius 2 is 1.87 bits per heavy atom. The van der Waals surface area contributed by atoms with Crippen LogP contribution in [0.15, 0.2) is 24.3 Å². The van der Waals surface area contributed by atoms with Gasteiger partial charge >= 0.3 is 0 Å². The number of rotatable bonds is 6. The van der Waals surface area contributed by atoms with Crippen molar-refractivity contribution in [2.24, 2.45) is 0 Å². The monoisotopic (exact) mass is 352 g/mol. The fraction of sp³-hybridized carbons (Fsp3) is 0.333. The van der Waals surface area contributed by atoms with Gasteiger partial charge in [-0.2, -0.15) is 0 Å². The molecule has 2 amide bonds. The molecule has 122 valence electrons. The minimum absolute atomic E-state index is 0.0724. The summed E-state index contributed by atoms with van der Waals surface area (Å²) in [5, 5.41) is 15.1. The van der Waals surface area contributed by atoms with Crippen molar-refractivity contribution in [2.75, 3.05) is 10.6 Å². The highest BCUT2D eigenvalue weighted by Crippen LogP contribution is 2.22. The van der Waals surface area contributed by atoms with E-state index in [0.717, 1.165) is 5.01 Å². The van der Waals surface area contributed by atoms with Gasteiger partial charge < -0.3 is 10.6 Å². The molecular formula is C15H17ClN4O2S. The van der Waals surface area contributed by atoms with Gasteiger partial charge in [0.25, 0.3) is 0 Å². The van der Waals surface area contributed by atoms with Gasteiger partial charge in [0.15, 0.2) is 0 Å². The quantitative estimate of drug-likeness (QED) is 0.830. The van der Waals surface area contributed by atoms with E-state index in [0.29, 0.717) is 15.8 Å². The minimum Gasteiger partial charge on any atom is -0.326 e. The zero-order valence-electron chi connectivity index (χ0n) is 12.8. The van der Waals surface area contributed by atoms with E-state index in [2.05, 4.69) is 20.8 Å². The summed E-state index contributed by atoms with van der Waals surface area (Å²) in [7, 11) is 0. The van der Waals surface area contributed by atoms with E-state index in [1.165, 1.54) is 11.3 Å². The maximum atomic E-state index is 11.8. The van der Waals surface area contributed by atoms with Crippen molar-refractivity contribution in [3.05, 3.63) is 34.3 Å². The van der Waals surface area contributed by atoms with Crippen LogP contribution in [0.2, 0.25) is 5.02 Å². The average Bonchev–Trinajstić information content (AvgIpc) is 2.94. The highest BCUT2D eigenvalue weighted by Gasteiger charge is 2.12. The third-order valence-corrected chi connectivity index (χ3v) is 4.24. The van der Waals surface area contributed by atoms with E-state index in [1.54, 1.807) is 24.3 Å². The molecular weight excluding hydrogens is 336 g/mol. The lowest BCUT2D eigenvalue weighted by atomic mass is 10.2. The van der Waals surface area contributed by atoms with Gasteiger partial charge in [-0.3, -0.25) is 9.59 Å². The Balaban J connectivity index is 1.78. The Bertz CT molecular complexity index is 702. The summed E-state index contributed by atoms with van der Waals surface area (Å²) in [4.78, 5) is 23.6. The van der Waals surface area contributed by atoms with Crippen LogP contribution < -0.4 is 10.6 Å². The number of carbonyl (C=O) groups excluding carboxylic acids is 2. The first-order chi connectivity index (χ1) is 10.9. The maximum absolute atomic E-state index is 11.8. The molecule has 0 unspecified atom stereocenters. The number of amides is 2. The van der Waals surface area contributed by atoms with Crippen molar-refractivity contribution in [1.82, 2.24) is 10.2 Å². The van der Waals surface area contributed by atoms with E-state index in [4.69, 9.17) is 11.6 Å². The number of aromatic nitrogens is 2. The molecule has 0 bridgehead atoms. The lowest BCUT2D eigenvalue weighted by Crippen LogP contribution is -2.17. The Morgan fingerprint density at radius 1 is 1.17 bits per heavy atom. The molecule has 0 aliphatic rings. The Morgan fingerprint density at radius 3 is 2.48 bits per heavy atom. The van der Waals surface area contributed by atoms with Gasteiger partial charge in [-0.15, -0.1) is 10.2 Å². The molecule has 0 saturated heterocycles. The zero-order chi connectivity index (χ0) is 16.8. The van der Waals surface area contributed by atoms with Crippen LogP contribution in [0.25, 0.3) is 0 Å². The summed E-state index contributed by atoms with van der Waals surface area (Å²) >= 11 is 7.18. The molecule has 2 N–H and O–H groups in total. The number of hydrogen-bond donors (Lipinski definition) is 2. The van der Waals surface area contributed by atoms with E-state index in [1.807, 2.05) is 13.8 Å². The molecule has 0 saturated carbocycles. The summed E-state index contributed by atoms with van der Waals surface area (Å²) in [5.41, 5.74) is 0.605. The van der Waals surface area contributed by atoms with Crippen molar-refractivity contribution < 1.29 is 9.59 Å². The summed E-state index contributed by atoms with van der Waals surface area (Å²) in [5.74, 6) is -0.248. The number of nitrogens with one attached hydrogen (secondary N) is 2. The predicted molar refractivity (Wildman–Crippen MR) is 91.9 cm³/mol. The number of halogens is 1. The average molecular weight is 353 g/mol. The molecule has 1 aromatic carbocycles. The second kappa shape index (κ2) is 8.03. The summed E-state index contributed by atoms with van der Waals surface area (Å²) in [6.07, 6.45) is 0.150. The number of hydrogen-bond acceptors (Lipinski definition) is 5. The van der Waals surface area contributed by atoms with Gasteiger partial charge in [-0.05, 0) is 18.2 Å². The standard InChI is InChI=1S/C15H17ClN4O2S/c1-9(2)14-19-20-15(23-14)18-13(22)7-6-12(21)17-11-5-3-4-10(16)8-11/h3-5,8-9H,6-7H2,1-2H3,(H,17,21)(H,18,20,22). The van der Waals surface area contributed by atoms with Gasteiger partial charge in [0.1, 0.15) is 5.01 Å². The van der Waals surface area contributed by atoms with Crippen LogP contribution in [0.5, 0.6) is 0 Å². The number of nitrogens with zero attached hydrogens (tertiary/aromatic N) is 2. The molecule has 23 heavy (non-hydrogen) atoms. The zero-order valence-corrected chi connectivity index (χ0v) is 14.4. The van der Waals surface area contributed by atoms with E-state index >= 15 is 0 Å². The van der Waals surface area contributed by atoms with Crippen molar-refractivity contribution >= 4 is 45.6 Å². The van der Waals surface area contributed by atoms with Crippen LogP contribution in [0.1, 0.15) is 37.6 Å². The fourth-order valence-corrected chi connectivity index (χ4v) is 2.67. The normalized spacial score (nSPS) is 10.6. The second-order valence-corrected chi connectivity index (χ2v) is 6.65. The highest BCUT2D eigenvalue weighted by molar-refractivity contribution is 7.15. The van der Waals surface area contributed by atoms with Crippen molar-refractivity contribution in [3.63, 3.8) is 0 Å². The Labute approximate surface area is 143 Å². The third-order valence-electron chi connectivity index (χ3n) is 2.87. The lowest BCUT2D eigenvalue weighted by Gasteiger charge is -2.05. The largest absolute Gasteiger partial charge is 0.326 e. The molecule has 2 aromatic rings. The lowest BCUT2D eigenvalue weighted by molar-refractivity contribution is -0.121. The first kappa shape index (κ1) is 17.4. The first-order valence-electron chi connectivity index (χ1n) is 7.12.